The molecule has 1 aromatic carbocycles. The number of benzene rings is 1. The van der Waals surface area contributed by atoms with Gasteiger partial charge in [0.1, 0.15) is 5.52 Å². The molecule has 0 amide bonds. The molecule has 6 nitrogen and oxygen atoms in total. The van der Waals surface area contributed by atoms with Gasteiger partial charge in [0.15, 0.2) is 5.58 Å². The summed E-state index contributed by atoms with van der Waals surface area (Å²) in [4.78, 5) is 14.1. The number of fused-ring (bicyclic) bond motifs is 1. The molecule has 1 heterocycles. The van der Waals surface area contributed by atoms with Crippen molar-refractivity contribution in [1.29, 1.82) is 0 Å². The third-order valence-electron chi connectivity index (χ3n) is 1.91. The first kappa shape index (κ1) is 9.45. The number of rotatable bonds is 3. The highest BCUT2D eigenvalue weighted by atomic mass is 16.6. The molecule has 0 unspecified atom stereocenters. The number of nitro groups is 1. The van der Waals surface area contributed by atoms with Crippen molar-refractivity contribution in [2.45, 2.75) is 6.92 Å². The normalized spacial score (nSPS) is 10.5. The minimum Gasteiger partial charge on any atom is -0.424 e. The van der Waals surface area contributed by atoms with E-state index in [-0.39, 0.29) is 5.69 Å². The molecule has 1 N–H and O–H groups in total. The number of nitrogens with one attached hydrogen (secondary N) is 1. The number of non-ortho nitro benzene ring substituents is 1. The van der Waals surface area contributed by atoms with Crippen LogP contribution in [0.15, 0.2) is 22.6 Å². The molecule has 0 aliphatic carbocycles. The monoisotopic (exact) mass is 207 g/mol. The number of aromatic nitrogens is 1. The zero-order valence-corrected chi connectivity index (χ0v) is 8.06. The van der Waals surface area contributed by atoms with Crippen LogP contribution in [0.3, 0.4) is 0 Å². The van der Waals surface area contributed by atoms with E-state index in [9.17, 15) is 10.1 Å². The van der Waals surface area contributed by atoms with Crippen molar-refractivity contribution in [1.82, 2.24) is 4.98 Å². The van der Waals surface area contributed by atoms with E-state index in [1.165, 1.54) is 12.1 Å². The Kier molecular flexibility index (Phi) is 2.24. The lowest BCUT2D eigenvalue weighted by Gasteiger charge is -1.91. The van der Waals surface area contributed by atoms with E-state index in [0.29, 0.717) is 23.7 Å². The Labute approximate surface area is 85.1 Å². The van der Waals surface area contributed by atoms with Gasteiger partial charge in [-0.05, 0) is 13.0 Å². The van der Waals surface area contributed by atoms with Crippen LogP contribution in [0.5, 0.6) is 0 Å². The summed E-state index contributed by atoms with van der Waals surface area (Å²) >= 11 is 0. The third-order valence-corrected chi connectivity index (χ3v) is 1.91. The molecule has 15 heavy (non-hydrogen) atoms. The molecule has 2 rings (SSSR count). The van der Waals surface area contributed by atoms with E-state index in [1.54, 1.807) is 6.07 Å². The molecule has 0 saturated carbocycles. The highest BCUT2D eigenvalue weighted by Gasteiger charge is 2.10. The smallest absolute Gasteiger partial charge is 0.295 e. The summed E-state index contributed by atoms with van der Waals surface area (Å²) in [5, 5.41) is 13.4. The molecular weight excluding hydrogens is 198 g/mol. The average Bonchev–Trinajstić information content (AvgIpc) is 2.59. The number of anilines is 1. The number of hydrogen-bond donors (Lipinski definition) is 1. The van der Waals surface area contributed by atoms with Crippen LogP contribution in [0.2, 0.25) is 0 Å². The van der Waals surface area contributed by atoms with Crippen LogP contribution < -0.4 is 5.32 Å². The SMILES string of the molecule is CCNc1nc2cc([N+](=O)[O-])ccc2o1. The first-order valence-corrected chi connectivity index (χ1v) is 4.49. The van der Waals surface area contributed by atoms with Crippen LogP contribution in [0.25, 0.3) is 11.1 Å². The molecule has 1 aromatic heterocycles. The second-order valence-corrected chi connectivity index (χ2v) is 2.96. The molecule has 0 fully saturated rings. The average molecular weight is 207 g/mol. The molecule has 0 radical (unpaired) electrons. The summed E-state index contributed by atoms with van der Waals surface area (Å²) in [6, 6.07) is 4.71. The Morgan fingerprint density at radius 2 is 2.40 bits per heavy atom. The molecule has 6 heteroatoms. The molecule has 0 aliphatic heterocycles. The van der Waals surface area contributed by atoms with Gasteiger partial charge in [0.25, 0.3) is 11.7 Å². The first-order chi connectivity index (χ1) is 7.20. The van der Waals surface area contributed by atoms with E-state index in [1.807, 2.05) is 6.92 Å². The quantitative estimate of drug-likeness (QED) is 0.616. The third kappa shape index (κ3) is 1.74. The molecule has 0 aliphatic rings. The van der Waals surface area contributed by atoms with E-state index in [4.69, 9.17) is 4.42 Å². The molecule has 0 spiro atoms. The van der Waals surface area contributed by atoms with Gasteiger partial charge in [0, 0.05) is 18.7 Å². The lowest BCUT2D eigenvalue weighted by atomic mass is 10.3. The molecule has 0 saturated heterocycles. The first-order valence-electron chi connectivity index (χ1n) is 4.49. The largest absolute Gasteiger partial charge is 0.424 e. The fraction of sp³-hybridized carbons (Fsp3) is 0.222. The minimum atomic E-state index is -0.457. The predicted molar refractivity (Wildman–Crippen MR) is 54.8 cm³/mol. The van der Waals surface area contributed by atoms with Crippen molar-refractivity contribution in [3.05, 3.63) is 28.3 Å². The van der Waals surface area contributed by atoms with Crippen molar-refractivity contribution >= 4 is 22.8 Å². The van der Waals surface area contributed by atoms with Gasteiger partial charge in [-0.2, -0.15) is 4.98 Å². The van der Waals surface area contributed by atoms with Crippen LogP contribution >= 0.6 is 0 Å². The summed E-state index contributed by atoms with van der Waals surface area (Å²) in [6.45, 7) is 2.60. The molecule has 2 aromatic rings. The zero-order valence-electron chi connectivity index (χ0n) is 8.06. The fourth-order valence-electron chi connectivity index (χ4n) is 1.26. The van der Waals surface area contributed by atoms with E-state index >= 15 is 0 Å². The Morgan fingerprint density at radius 3 is 3.07 bits per heavy atom. The van der Waals surface area contributed by atoms with E-state index in [0.717, 1.165) is 0 Å². The molecule has 0 bridgehead atoms. The highest BCUT2D eigenvalue weighted by Crippen LogP contribution is 2.23. The van der Waals surface area contributed by atoms with Gasteiger partial charge in [-0.15, -0.1) is 0 Å². The summed E-state index contributed by atoms with van der Waals surface area (Å²) in [5.74, 6) is 0. The number of nitrogens with zero attached hydrogens (tertiary/aromatic N) is 2. The molecule has 78 valence electrons. The van der Waals surface area contributed by atoms with Crippen molar-refractivity contribution in [3.8, 4) is 0 Å². The van der Waals surface area contributed by atoms with Crippen LogP contribution in [0.4, 0.5) is 11.7 Å². The summed E-state index contributed by atoms with van der Waals surface area (Å²) in [7, 11) is 0. The maximum Gasteiger partial charge on any atom is 0.295 e. The van der Waals surface area contributed by atoms with Crippen molar-refractivity contribution in [3.63, 3.8) is 0 Å². The Morgan fingerprint density at radius 1 is 1.60 bits per heavy atom. The van der Waals surface area contributed by atoms with Gasteiger partial charge in [0.05, 0.1) is 4.92 Å². The van der Waals surface area contributed by atoms with Crippen LogP contribution in [0, 0.1) is 10.1 Å². The number of nitro benzene ring substituents is 1. The van der Waals surface area contributed by atoms with Gasteiger partial charge >= 0.3 is 0 Å². The summed E-state index contributed by atoms with van der Waals surface area (Å²) in [6.07, 6.45) is 0. The van der Waals surface area contributed by atoms with Gasteiger partial charge in [-0.3, -0.25) is 10.1 Å². The summed E-state index contributed by atoms with van der Waals surface area (Å²) < 4.78 is 5.30. The van der Waals surface area contributed by atoms with Crippen molar-refractivity contribution < 1.29 is 9.34 Å². The molecular formula is C9H9N3O3. The highest BCUT2D eigenvalue weighted by molar-refractivity contribution is 5.77. The lowest BCUT2D eigenvalue weighted by molar-refractivity contribution is -0.384. The van der Waals surface area contributed by atoms with E-state index < -0.39 is 4.92 Å². The number of hydrogen-bond acceptors (Lipinski definition) is 5. The minimum absolute atomic E-state index is 0.0128. The van der Waals surface area contributed by atoms with Gasteiger partial charge < -0.3 is 9.73 Å². The van der Waals surface area contributed by atoms with Crippen LogP contribution in [-0.2, 0) is 0 Å². The number of oxazole rings is 1. The summed E-state index contributed by atoms with van der Waals surface area (Å²) in [5.41, 5.74) is 1.04. The standard InChI is InChI=1S/C9H9N3O3/c1-2-10-9-11-7-5-6(12(13)14)3-4-8(7)15-9/h3-5H,2H2,1H3,(H,10,11). The fourth-order valence-corrected chi connectivity index (χ4v) is 1.26. The molecule has 0 atom stereocenters. The van der Waals surface area contributed by atoms with Gasteiger partial charge in [-0.1, -0.05) is 0 Å². The van der Waals surface area contributed by atoms with Gasteiger partial charge in [0.2, 0.25) is 0 Å². The lowest BCUT2D eigenvalue weighted by Crippen LogP contribution is -1.95. The Balaban J connectivity index is 2.47. The zero-order chi connectivity index (χ0) is 10.8. The van der Waals surface area contributed by atoms with Crippen molar-refractivity contribution in [2.24, 2.45) is 0 Å². The topological polar surface area (TPSA) is 81.2 Å². The van der Waals surface area contributed by atoms with Crippen LogP contribution in [0.1, 0.15) is 6.92 Å². The van der Waals surface area contributed by atoms with E-state index in [2.05, 4.69) is 10.3 Å². The maximum absolute atomic E-state index is 10.5. The maximum atomic E-state index is 10.5. The van der Waals surface area contributed by atoms with Gasteiger partial charge in [-0.25, -0.2) is 0 Å². The van der Waals surface area contributed by atoms with Crippen molar-refractivity contribution in [2.75, 3.05) is 11.9 Å². The second-order valence-electron chi connectivity index (χ2n) is 2.96. The predicted octanol–water partition coefficient (Wildman–Crippen LogP) is 2.17. The van der Waals surface area contributed by atoms with Crippen LogP contribution in [-0.4, -0.2) is 16.5 Å². The Hall–Kier alpha value is -2.11. The second kappa shape index (κ2) is 3.56. The Bertz CT molecular complexity index is 506.